The van der Waals surface area contributed by atoms with Crippen molar-refractivity contribution in [3.05, 3.63) is 75.7 Å². The molecular formula is C25H29ClN2O2. The van der Waals surface area contributed by atoms with Crippen LogP contribution in [0.25, 0.3) is 10.8 Å². The molecule has 0 radical (unpaired) electrons. The van der Waals surface area contributed by atoms with Crippen molar-refractivity contribution in [3.8, 4) is 5.75 Å². The van der Waals surface area contributed by atoms with E-state index in [2.05, 4.69) is 35.3 Å². The van der Waals surface area contributed by atoms with Gasteiger partial charge in [-0.2, -0.15) is 0 Å². The summed E-state index contributed by atoms with van der Waals surface area (Å²) in [4.78, 5) is 14.7. The molecule has 4 nitrogen and oxygen atoms in total. The molecule has 3 aromatic rings. The lowest BCUT2D eigenvalue weighted by molar-refractivity contribution is 0.0717. The summed E-state index contributed by atoms with van der Waals surface area (Å²) in [7, 11) is 0. The van der Waals surface area contributed by atoms with Gasteiger partial charge in [-0.25, -0.2) is 0 Å². The lowest BCUT2D eigenvalue weighted by Crippen LogP contribution is -2.34. The topological polar surface area (TPSA) is 68.1 Å². The number of ether oxygens (including phenoxy) is 1. The maximum Gasteiger partial charge on any atom is 0.255 e. The molecule has 158 valence electrons. The number of hydrogen-bond donors (Lipinski definition) is 2. The van der Waals surface area contributed by atoms with Crippen molar-refractivity contribution in [3.63, 3.8) is 0 Å². The lowest BCUT2D eigenvalue weighted by atomic mass is 9.67. The van der Waals surface area contributed by atoms with E-state index >= 15 is 0 Å². The summed E-state index contributed by atoms with van der Waals surface area (Å²) in [6.07, 6.45) is 9.35. The Morgan fingerprint density at radius 3 is 2.63 bits per heavy atom. The highest BCUT2D eigenvalue weighted by atomic mass is 35.5. The van der Waals surface area contributed by atoms with Gasteiger partial charge in [-0.1, -0.05) is 41.9 Å². The first-order chi connectivity index (χ1) is 14.6. The second-order valence-corrected chi connectivity index (χ2v) is 8.96. The van der Waals surface area contributed by atoms with Crippen LogP contribution < -0.4 is 16.0 Å². The molecule has 1 aliphatic rings. The smallest absolute Gasteiger partial charge is 0.255 e. The minimum absolute atomic E-state index is 0.135. The fraction of sp³-hybridized carbons (Fsp3) is 0.400. The Morgan fingerprint density at radius 1 is 1.13 bits per heavy atom. The first-order valence-corrected chi connectivity index (χ1v) is 11.2. The van der Waals surface area contributed by atoms with E-state index in [1.165, 1.54) is 5.56 Å². The van der Waals surface area contributed by atoms with Crippen molar-refractivity contribution in [2.45, 2.75) is 51.0 Å². The number of rotatable bonds is 7. The van der Waals surface area contributed by atoms with Crippen LogP contribution in [0.2, 0.25) is 5.02 Å². The van der Waals surface area contributed by atoms with Crippen LogP contribution in [0.4, 0.5) is 0 Å². The number of fused-ring (bicyclic) bond motifs is 1. The van der Waals surface area contributed by atoms with Gasteiger partial charge in [0.25, 0.3) is 5.56 Å². The van der Waals surface area contributed by atoms with Gasteiger partial charge in [0.15, 0.2) is 0 Å². The molecule has 1 saturated carbocycles. The van der Waals surface area contributed by atoms with Crippen LogP contribution in [0.3, 0.4) is 0 Å². The van der Waals surface area contributed by atoms with E-state index in [-0.39, 0.29) is 11.7 Å². The summed E-state index contributed by atoms with van der Waals surface area (Å²) in [6, 6.07) is 16.2. The first kappa shape index (κ1) is 21.0. The number of benzene rings is 2. The van der Waals surface area contributed by atoms with Gasteiger partial charge in [-0.3, -0.25) is 4.79 Å². The molecular weight excluding hydrogens is 396 g/mol. The molecule has 1 aliphatic carbocycles. The minimum atomic E-state index is -0.135. The van der Waals surface area contributed by atoms with Gasteiger partial charge in [-0.05, 0) is 86.1 Å². The molecule has 1 fully saturated rings. The molecule has 1 aromatic heterocycles. The van der Waals surface area contributed by atoms with Gasteiger partial charge < -0.3 is 15.5 Å². The molecule has 0 amide bonds. The van der Waals surface area contributed by atoms with E-state index in [1.54, 1.807) is 12.3 Å². The average Bonchev–Trinajstić information content (AvgIpc) is 2.76. The Bertz CT molecular complexity index is 1040. The van der Waals surface area contributed by atoms with Crippen molar-refractivity contribution in [2.75, 3.05) is 6.54 Å². The summed E-state index contributed by atoms with van der Waals surface area (Å²) in [5.41, 5.74) is 7.39. The van der Waals surface area contributed by atoms with Crippen LogP contribution in [0.5, 0.6) is 5.75 Å². The summed E-state index contributed by atoms with van der Waals surface area (Å²) in [6.45, 7) is 0.738. The number of nitrogens with two attached hydrogens (primary N) is 1. The molecule has 0 spiro atoms. The van der Waals surface area contributed by atoms with Gasteiger partial charge >= 0.3 is 0 Å². The lowest BCUT2D eigenvalue weighted by Gasteiger charge is -2.41. The maximum absolute atomic E-state index is 12.0. The van der Waals surface area contributed by atoms with E-state index in [1.807, 2.05) is 12.1 Å². The second kappa shape index (κ2) is 9.23. The fourth-order valence-corrected chi connectivity index (χ4v) is 5.01. The molecule has 2 aromatic carbocycles. The van der Waals surface area contributed by atoms with Gasteiger partial charge in [0.05, 0.1) is 11.1 Å². The molecule has 4 rings (SSSR count). The third-order valence-corrected chi connectivity index (χ3v) is 6.74. The van der Waals surface area contributed by atoms with Gasteiger partial charge in [0, 0.05) is 11.6 Å². The molecule has 3 N–H and O–H groups in total. The van der Waals surface area contributed by atoms with Gasteiger partial charge in [-0.15, -0.1) is 0 Å². The molecule has 0 atom stereocenters. The van der Waals surface area contributed by atoms with Crippen molar-refractivity contribution in [2.24, 2.45) is 11.1 Å². The predicted molar refractivity (Wildman–Crippen MR) is 123 cm³/mol. The van der Waals surface area contributed by atoms with Gasteiger partial charge in [0.2, 0.25) is 0 Å². The summed E-state index contributed by atoms with van der Waals surface area (Å²) < 4.78 is 6.31. The SMILES string of the molecule is NCCCC1(Cc2ccccc2)CCC(Oc2cc3cc[nH]c(=O)c3cc2Cl)CC1. The summed E-state index contributed by atoms with van der Waals surface area (Å²) >= 11 is 6.43. The van der Waals surface area contributed by atoms with Gasteiger partial charge in [0.1, 0.15) is 5.75 Å². The monoisotopic (exact) mass is 424 g/mol. The first-order valence-electron chi connectivity index (χ1n) is 10.8. The Balaban J connectivity index is 1.47. The Labute approximate surface area is 182 Å². The van der Waals surface area contributed by atoms with E-state index in [0.717, 1.165) is 56.9 Å². The van der Waals surface area contributed by atoms with E-state index in [9.17, 15) is 4.79 Å². The number of aromatic amines is 1. The summed E-state index contributed by atoms with van der Waals surface area (Å²) in [5.74, 6) is 0.664. The number of halogens is 1. The number of nitrogens with one attached hydrogen (secondary N) is 1. The summed E-state index contributed by atoms with van der Waals surface area (Å²) in [5, 5.41) is 1.92. The molecule has 0 aliphatic heterocycles. The van der Waals surface area contributed by atoms with Crippen molar-refractivity contribution >= 4 is 22.4 Å². The Kier molecular flexibility index (Phi) is 6.45. The van der Waals surface area contributed by atoms with E-state index < -0.39 is 0 Å². The van der Waals surface area contributed by atoms with E-state index in [4.69, 9.17) is 22.1 Å². The highest BCUT2D eigenvalue weighted by Crippen LogP contribution is 2.44. The zero-order chi connectivity index (χ0) is 21.0. The van der Waals surface area contributed by atoms with Crippen molar-refractivity contribution in [1.82, 2.24) is 4.98 Å². The zero-order valence-corrected chi connectivity index (χ0v) is 18.0. The zero-order valence-electron chi connectivity index (χ0n) is 17.2. The highest BCUT2D eigenvalue weighted by Gasteiger charge is 2.35. The minimum Gasteiger partial charge on any atom is -0.489 e. The number of H-pyrrole nitrogens is 1. The third kappa shape index (κ3) is 4.71. The maximum atomic E-state index is 12.0. The normalized spacial score (nSPS) is 21.6. The number of hydrogen-bond acceptors (Lipinski definition) is 3. The third-order valence-electron chi connectivity index (χ3n) is 6.45. The molecule has 0 bridgehead atoms. The predicted octanol–water partition coefficient (Wildman–Crippen LogP) is 5.47. The standard InChI is InChI=1S/C25H29ClN2O2/c26-22-16-21-19(9-14-28-24(21)29)15-23(22)30-20-7-11-25(12-8-20,10-4-13-27)17-18-5-2-1-3-6-18/h1-3,5-6,9,14-16,20H,4,7-8,10-13,17,27H2,(H,28,29). The van der Waals surface area contributed by atoms with Crippen molar-refractivity contribution in [1.29, 1.82) is 0 Å². The second-order valence-electron chi connectivity index (χ2n) is 8.55. The quantitative estimate of drug-likeness (QED) is 0.528. The van der Waals surface area contributed by atoms with Crippen LogP contribution in [0.1, 0.15) is 44.1 Å². The van der Waals surface area contributed by atoms with E-state index in [0.29, 0.717) is 21.6 Å². The number of pyridine rings is 1. The molecule has 30 heavy (non-hydrogen) atoms. The van der Waals surface area contributed by atoms with Crippen LogP contribution >= 0.6 is 11.6 Å². The average molecular weight is 425 g/mol. The molecule has 0 unspecified atom stereocenters. The van der Waals surface area contributed by atoms with Crippen molar-refractivity contribution < 1.29 is 4.74 Å². The largest absolute Gasteiger partial charge is 0.489 e. The number of aromatic nitrogens is 1. The van der Waals surface area contributed by atoms with Crippen LogP contribution in [0, 0.1) is 5.41 Å². The Morgan fingerprint density at radius 2 is 1.90 bits per heavy atom. The molecule has 5 heteroatoms. The molecule has 0 saturated heterocycles. The highest BCUT2D eigenvalue weighted by molar-refractivity contribution is 6.32. The Hall–Kier alpha value is -2.30. The van der Waals surface area contributed by atoms with Crippen LogP contribution in [-0.2, 0) is 6.42 Å². The fourth-order valence-electron chi connectivity index (χ4n) is 4.80. The molecule has 1 heterocycles. The van der Waals surface area contributed by atoms with Crippen LogP contribution in [-0.4, -0.2) is 17.6 Å². The van der Waals surface area contributed by atoms with Crippen LogP contribution in [0.15, 0.2) is 59.5 Å².